The fourth-order valence-electron chi connectivity index (χ4n) is 3.05. The Hall–Kier alpha value is -1.44. The molecule has 1 unspecified atom stereocenters. The molecule has 25 heavy (non-hydrogen) atoms. The number of esters is 1. The molecule has 0 aromatic heterocycles. The summed E-state index contributed by atoms with van der Waals surface area (Å²) in [7, 11) is 1.87. The number of ether oxygens (including phenoxy) is 1. The predicted molar refractivity (Wildman–Crippen MR) is 96.9 cm³/mol. The summed E-state index contributed by atoms with van der Waals surface area (Å²) in [6, 6.07) is 7.07. The van der Waals surface area contributed by atoms with Crippen LogP contribution in [0.25, 0.3) is 0 Å². The zero-order chi connectivity index (χ0) is 18.4. The third kappa shape index (κ3) is 5.26. The van der Waals surface area contributed by atoms with E-state index in [0.717, 1.165) is 24.8 Å². The van der Waals surface area contributed by atoms with Crippen LogP contribution in [0.4, 0.5) is 0 Å². The molecule has 0 radical (unpaired) electrons. The van der Waals surface area contributed by atoms with Gasteiger partial charge in [0.2, 0.25) is 10.0 Å². The van der Waals surface area contributed by atoms with Crippen LogP contribution in [0.3, 0.4) is 0 Å². The van der Waals surface area contributed by atoms with Crippen molar-refractivity contribution >= 4 is 16.0 Å². The number of carbonyl (C=O) groups is 1. The van der Waals surface area contributed by atoms with Gasteiger partial charge in [-0.3, -0.25) is 4.79 Å². The second-order valence-electron chi connectivity index (χ2n) is 6.70. The minimum atomic E-state index is -3.49. The van der Waals surface area contributed by atoms with Gasteiger partial charge in [-0.2, -0.15) is 4.31 Å². The molecular weight excluding hydrogens is 340 g/mol. The molecule has 0 amide bonds. The molecule has 0 aliphatic carbocycles. The van der Waals surface area contributed by atoms with Gasteiger partial charge in [-0.05, 0) is 51.1 Å². The maximum atomic E-state index is 13.0. The third-order valence-electron chi connectivity index (χ3n) is 4.75. The molecule has 140 valence electrons. The predicted octanol–water partition coefficient (Wildman–Crippen LogP) is 1.90. The van der Waals surface area contributed by atoms with Gasteiger partial charge >= 0.3 is 5.97 Å². The highest BCUT2D eigenvalue weighted by atomic mass is 32.2. The zero-order valence-electron chi connectivity index (χ0n) is 15.3. The SMILES string of the molecule is COC(=O)CCc1ccc(S(=O)(=O)N2CCCCC(N(C)C)C2)cc1. The highest BCUT2D eigenvalue weighted by Gasteiger charge is 2.29. The quantitative estimate of drug-likeness (QED) is 0.718. The molecule has 1 heterocycles. The molecule has 0 bridgehead atoms. The summed E-state index contributed by atoms with van der Waals surface area (Å²) in [5, 5.41) is 0. The van der Waals surface area contributed by atoms with Crippen molar-refractivity contribution in [3.63, 3.8) is 0 Å². The number of benzene rings is 1. The largest absolute Gasteiger partial charge is 0.469 e. The van der Waals surface area contributed by atoms with E-state index in [-0.39, 0.29) is 12.0 Å². The molecule has 2 rings (SSSR count). The van der Waals surface area contributed by atoms with Gasteiger partial charge in [0, 0.05) is 25.6 Å². The lowest BCUT2D eigenvalue weighted by Gasteiger charge is -2.28. The highest BCUT2D eigenvalue weighted by molar-refractivity contribution is 7.89. The van der Waals surface area contributed by atoms with Crippen LogP contribution in [0.1, 0.15) is 31.2 Å². The van der Waals surface area contributed by atoms with Gasteiger partial charge in [0.15, 0.2) is 0 Å². The van der Waals surface area contributed by atoms with Crippen molar-refractivity contribution in [1.82, 2.24) is 9.21 Å². The van der Waals surface area contributed by atoms with E-state index in [9.17, 15) is 13.2 Å². The van der Waals surface area contributed by atoms with Crippen molar-refractivity contribution in [2.24, 2.45) is 0 Å². The van der Waals surface area contributed by atoms with Crippen molar-refractivity contribution in [2.45, 2.75) is 43.0 Å². The Kier molecular flexibility index (Phi) is 6.98. The second-order valence-corrected chi connectivity index (χ2v) is 8.63. The molecule has 1 aromatic rings. The van der Waals surface area contributed by atoms with Crippen LogP contribution in [-0.4, -0.2) is 63.9 Å². The lowest BCUT2D eigenvalue weighted by Crippen LogP contribution is -2.41. The lowest BCUT2D eigenvalue weighted by atomic mass is 10.1. The van der Waals surface area contributed by atoms with E-state index in [1.165, 1.54) is 7.11 Å². The molecule has 7 heteroatoms. The molecule has 0 N–H and O–H groups in total. The number of sulfonamides is 1. The summed E-state index contributed by atoms with van der Waals surface area (Å²) in [5.41, 5.74) is 0.923. The Bertz CT molecular complexity index is 671. The Labute approximate surface area is 150 Å². The van der Waals surface area contributed by atoms with E-state index in [0.29, 0.717) is 30.8 Å². The van der Waals surface area contributed by atoms with Gasteiger partial charge in [-0.15, -0.1) is 0 Å². The minimum absolute atomic E-state index is 0.247. The standard InChI is InChI=1S/C18H28N2O4S/c1-19(2)16-6-4-5-13-20(14-16)25(22,23)17-10-7-15(8-11-17)9-12-18(21)24-3/h7-8,10-11,16H,4-6,9,12-14H2,1-3H3. The smallest absolute Gasteiger partial charge is 0.305 e. The van der Waals surface area contributed by atoms with Crippen LogP contribution >= 0.6 is 0 Å². The van der Waals surface area contributed by atoms with Crippen LogP contribution in [0.5, 0.6) is 0 Å². The first-order valence-corrected chi connectivity index (χ1v) is 10.1. The lowest BCUT2D eigenvalue weighted by molar-refractivity contribution is -0.140. The van der Waals surface area contributed by atoms with E-state index in [2.05, 4.69) is 9.64 Å². The van der Waals surface area contributed by atoms with Gasteiger partial charge in [0.25, 0.3) is 0 Å². The average Bonchev–Trinajstić information content (AvgIpc) is 2.87. The zero-order valence-corrected chi connectivity index (χ0v) is 16.1. The maximum Gasteiger partial charge on any atom is 0.305 e. The number of hydrogen-bond acceptors (Lipinski definition) is 5. The first-order valence-electron chi connectivity index (χ1n) is 8.67. The molecule has 0 saturated carbocycles. The monoisotopic (exact) mass is 368 g/mol. The van der Waals surface area contributed by atoms with Crippen LogP contribution in [0.15, 0.2) is 29.2 Å². The van der Waals surface area contributed by atoms with E-state index >= 15 is 0 Å². The molecule has 6 nitrogen and oxygen atoms in total. The first-order chi connectivity index (χ1) is 11.8. The maximum absolute atomic E-state index is 13.0. The van der Waals surface area contributed by atoms with Crippen molar-refractivity contribution in [3.8, 4) is 0 Å². The van der Waals surface area contributed by atoms with Crippen LogP contribution in [0, 0.1) is 0 Å². The summed E-state index contributed by atoms with van der Waals surface area (Å²) in [5.74, 6) is -0.268. The summed E-state index contributed by atoms with van der Waals surface area (Å²) in [6.45, 7) is 1.09. The normalized spacial score (nSPS) is 19.6. The van der Waals surface area contributed by atoms with Crippen molar-refractivity contribution in [3.05, 3.63) is 29.8 Å². The van der Waals surface area contributed by atoms with E-state index < -0.39 is 10.0 Å². The molecule has 0 spiro atoms. The molecule has 1 aliphatic rings. The van der Waals surface area contributed by atoms with Gasteiger partial charge in [0.05, 0.1) is 12.0 Å². The van der Waals surface area contributed by atoms with Crippen LogP contribution < -0.4 is 0 Å². The Morgan fingerprint density at radius 3 is 2.52 bits per heavy atom. The van der Waals surface area contributed by atoms with Gasteiger partial charge in [0.1, 0.15) is 0 Å². The first kappa shape index (κ1) is 19.9. The fraction of sp³-hybridized carbons (Fsp3) is 0.611. The van der Waals surface area contributed by atoms with Crippen molar-refractivity contribution in [1.29, 1.82) is 0 Å². The number of nitrogens with zero attached hydrogens (tertiary/aromatic N) is 2. The van der Waals surface area contributed by atoms with Crippen molar-refractivity contribution < 1.29 is 17.9 Å². The topological polar surface area (TPSA) is 66.9 Å². The molecule has 1 aromatic carbocycles. The number of methoxy groups -OCH3 is 1. The molecule has 1 saturated heterocycles. The van der Waals surface area contributed by atoms with Gasteiger partial charge < -0.3 is 9.64 Å². The van der Waals surface area contributed by atoms with Crippen molar-refractivity contribution in [2.75, 3.05) is 34.3 Å². The van der Waals surface area contributed by atoms with E-state index in [4.69, 9.17) is 0 Å². The number of likely N-dealkylation sites (N-methyl/N-ethyl adjacent to an activating group) is 1. The van der Waals surface area contributed by atoms with Crippen LogP contribution in [-0.2, 0) is 26.0 Å². The minimum Gasteiger partial charge on any atom is -0.469 e. The van der Waals surface area contributed by atoms with Gasteiger partial charge in [-0.1, -0.05) is 18.6 Å². The molecule has 1 aliphatic heterocycles. The Balaban J connectivity index is 2.11. The number of carbonyl (C=O) groups excluding carboxylic acids is 1. The van der Waals surface area contributed by atoms with E-state index in [1.807, 2.05) is 14.1 Å². The number of hydrogen-bond donors (Lipinski definition) is 0. The summed E-state index contributed by atoms with van der Waals surface area (Å²) in [6.07, 6.45) is 3.78. The molecule has 1 fully saturated rings. The average molecular weight is 368 g/mol. The summed E-state index contributed by atoms with van der Waals surface area (Å²) < 4.78 is 32.2. The number of rotatable bonds is 6. The summed E-state index contributed by atoms with van der Waals surface area (Å²) in [4.78, 5) is 13.6. The molecule has 1 atom stereocenters. The fourth-order valence-corrected chi connectivity index (χ4v) is 4.57. The highest BCUT2D eigenvalue weighted by Crippen LogP contribution is 2.22. The Morgan fingerprint density at radius 2 is 1.92 bits per heavy atom. The Morgan fingerprint density at radius 1 is 1.24 bits per heavy atom. The van der Waals surface area contributed by atoms with Gasteiger partial charge in [-0.25, -0.2) is 8.42 Å². The number of aryl methyl sites for hydroxylation is 1. The summed E-state index contributed by atoms with van der Waals surface area (Å²) >= 11 is 0. The second kappa shape index (κ2) is 8.78. The third-order valence-corrected chi connectivity index (χ3v) is 6.63. The van der Waals surface area contributed by atoms with Crippen LogP contribution in [0.2, 0.25) is 0 Å². The molecular formula is C18H28N2O4S. The van der Waals surface area contributed by atoms with E-state index in [1.54, 1.807) is 28.6 Å².